The van der Waals surface area contributed by atoms with E-state index in [1.54, 1.807) is 24.3 Å². The molecule has 0 spiro atoms. The molecule has 0 N–H and O–H groups in total. The van der Waals surface area contributed by atoms with Gasteiger partial charge in [0, 0.05) is 23.2 Å². The average Bonchev–Trinajstić information content (AvgIpc) is 2.70. The van der Waals surface area contributed by atoms with Gasteiger partial charge in [-0.05, 0) is 36.4 Å². The van der Waals surface area contributed by atoms with Gasteiger partial charge in [-0.3, -0.25) is 9.97 Å². The van der Waals surface area contributed by atoms with E-state index < -0.39 is 23.5 Å². The molecule has 5 aromatic rings. The van der Waals surface area contributed by atoms with Crippen molar-refractivity contribution in [2.75, 3.05) is 0 Å². The van der Waals surface area contributed by atoms with E-state index in [1.165, 1.54) is 12.4 Å². The van der Waals surface area contributed by atoms with Gasteiger partial charge in [0.05, 0.1) is 44.2 Å². The summed E-state index contributed by atoms with van der Waals surface area (Å²) in [6, 6.07) is 7.34. The van der Waals surface area contributed by atoms with Gasteiger partial charge >= 0.3 is 12.4 Å². The second-order valence-corrected chi connectivity index (χ2v) is 6.60. The third kappa shape index (κ3) is 2.71. The zero-order valence-electron chi connectivity index (χ0n) is 14.7. The van der Waals surface area contributed by atoms with Crippen LogP contribution in [0.25, 0.3) is 43.9 Å². The van der Waals surface area contributed by atoms with Crippen LogP contribution in [0.3, 0.4) is 0 Å². The Morgan fingerprint density at radius 1 is 0.567 bits per heavy atom. The van der Waals surface area contributed by atoms with Crippen molar-refractivity contribution >= 4 is 43.9 Å². The van der Waals surface area contributed by atoms with E-state index in [2.05, 4.69) is 19.9 Å². The van der Waals surface area contributed by atoms with Gasteiger partial charge in [0.2, 0.25) is 0 Å². The van der Waals surface area contributed by atoms with E-state index in [-0.39, 0.29) is 22.1 Å². The number of fused-ring (bicyclic) bond motifs is 7. The third-order valence-electron chi connectivity index (χ3n) is 4.76. The van der Waals surface area contributed by atoms with Gasteiger partial charge < -0.3 is 0 Å². The first-order valence-corrected chi connectivity index (χ1v) is 8.56. The monoisotopic (exact) mass is 418 g/mol. The highest BCUT2D eigenvalue weighted by atomic mass is 19.4. The minimum absolute atomic E-state index is 0.235. The number of aromatic nitrogens is 4. The highest BCUT2D eigenvalue weighted by Crippen LogP contribution is 2.42. The Bertz CT molecular complexity index is 1360. The first-order valence-electron chi connectivity index (χ1n) is 8.56. The lowest BCUT2D eigenvalue weighted by atomic mass is 10.0. The molecule has 0 aliphatic rings. The van der Waals surface area contributed by atoms with Crippen molar-refractivity contribution in [2.24, 2.45) is 0 Å². The van der Waals surface area contributed by atoms with E-state index in [0.29, 0.717) is 33.9 Å². The molecule has 150 valence electrons. The summed E-state index contributed by atoms with van der Waals surface area (Å²) in [5.41, 5.74) is -2.79. The predicted molar refractivity (Wildman–Crippen MR) is 97.7 cm³/mol. The van der Waals surface area contributed by atoms with Crippen LogP contribution in [0, 0.1) is 0 Å². The lowest BCUT2D eigenvalue weighted by molar-refractivity contribution is -0.161. The van der Waals surface area contributed by atoms with Crippen molar-refractivity contribution in [1.29, 1.82) is 0 Å². The van der Waals surface area contributed by atoms with Crippen molar-refractivity contribution in [3.05, 3.63) is 59.9 Å². The lowest BCUT2D eigenvalue weighted by Crippen LogP contribution is -2.16. The largest absolute Gasteiger partial charge is 0.417 e. The molecule has 0 bridgehead atoms. The molecule has 0 aliphatic heterocycles. The highest BCUT2D eigenvalue weighted by molar-refractivity contribution is 6.21. The maximum absolute atomic E-state index is 13.3. The Morgan fingerprint density at radius 2 is 0.967 bits per heavy atom. The molecule has 0 saturated heterocycles. The van der Waals surface area contributed by atoms with Crippen LogP contribution in [0.5, 0.6) is 0 Å². The van der Waals surface area contributed by atoms with Crippen molar-refractivity contribution in [3.8, 4) is 0 Å². The smallest absolute Gasteiger partial charge is 0.254 e. The van der Waals surface area contributed by atoms with Gasteiger partial charge in [-0.2, -0.15) is 26.3 Å². The van der Waals surface area contributed by atoms with Gasteiger partial charge in [-0.1, -0.05) is 0 Å². The number of pyridine rings is 2. The fourth-order valence-electron chi connectivity index (χ4n) is 3.52. The minimum Gasteiger partial charge on any atom is -0.254 e. The van der Waals surface area contributed by atoms with Crippen molar-refractivity contribution in [3.63, 3.8) is 0 Å². The highest BCUT2D eigenvalue weighted by Gasteiger charge is 2.43. The average molecular weight is 418 g/mol. The number of rotatable bonds is 0. The summed E-state index contributed by atoms with van der Waals surface area (Å²) in [5.74, 6) is 0. The second kappa shape index (κ2) is 5.97. The molecule has 2 aromatic carbocycles. The normalized spacial score (nSPS) is 13.0. The summed E-state index contributed by atoms with van der Waals surface area (Å²) in [6.45, 7) is 0. The van der Waals surface area contributed by atoms with Gasteiger partial charge in [0.1, 0.15) is 0 Å². The Kier molecular flexibility index (Phi) is 3.68. The summed E-state index contributed by atoms with van der Waals surface area (Å²) >= 11 is 0. The molecular formula is C20H8F6N4. The first kappa shape index (κ1) is 18.5. The van der Waals surface area contributed by atoms with Crippen LogP contribution in [-0.4, -0.2) is 19.9 Å². The standard InChI is InChI=1S/C20H8F6N4/c21-19(22,23)11-7-13-14(8-12(11)20(24,25)26)30-18-10-4-2-6-28-16(10)15-9(17(18)29-13)3-1-5-27-15/h1-8H. The van der Waals surface area contributed by atoms with Crippen LogP contribution in [0.1, 0.15) is 11.1 Å². The van der Waals surface area contributed by atoms with Crippen molar-refractivity contribution < 1.29 is 26.3 Å². The quantitative estimate of drug-likeness (QED) is 0.178. The fraction of sp³-hybridized carbons (Fsp3) is 0.100. The Balaban J connectivity index is 2.00. The molecule has 0 fully saturated rings. The number of hydrogen-bond acceptors (Lipinski definition) is 4. The molecule has 0 unspecified atom stereocenters. The maximum Gasteiger partial charge on any atom is 0.417 e. The van der Waals surface area contributed by atoms with Crippen LogP contribution >= 0.6 is 0 Å². The zero-order valence-corrected chi connectivity index (χ0v) is 14.7. The molecular weight excluding hydrogens is 410 g/mol. The molecule has 0 saturated carbocycles. The van der Waals surface area contributed by atoms with Crippen LogP contribution in [0.2, 0.25) is 0 Å². The predicted octanol–water partition coefficient (Wildman–Crippen LogP) is 5.92. The lowest BCUT2D eigenvalue weighted by Gasteiger charge is -2.16. The van der Waals surface area contributed by atoms with Gasteiger partial charge in [0.15, 0.2) is 0 Å². The molecule has 30 heavy (non-hydrogen) atoms. The summed E-state index contributed by atoms with van der Waals surface area (Å²) in [4.78, 5) is 17.1. The second-order valence-electron chi connectivity index (χ2n) is 6.60. The van der Waals surface area contributed by atoms with Gasteiger partial charge in [-0.15, -0.1) is 0 Å². The fourth-order valence-corrected chi connectivity index (χ4v) is 3.52. The number of hydrogen-bond donors (Lipinski definition) is 0. The summed E-state index contributed by atoms with van der Waals surface area (Å²) < 4.78 is 79.9. The van der Waals surface area contributed by atoms with Crippen LogP contribution in [0.4, 0.5) is 26.3 Å². The Labute approximate surface area is 163 Å². The number of benzene rings is 2. The SMILES string of the molecule is FC(F)(F)c1cc2nc3c4cccnc4c4ncccc4c3nc2cc1C(F)(F)F. The molecule has 5 rings (SSSR count). The molecule has 0 amide bonds. The van der Waals surface area contributed by atoms with E-state index in [0.717, 1.165) is 0 Å². The van der Waals surface area contributed by atoms with Crippen LogP contribution < -0.4 is 0 Å². The summed E-state index contributed by atoms with van der Waals surface area (Å²) in [7, 11) is 0. The van der Waals surface area contributed by atoms with Gasteiger partial charge in [0.25, 0.3) is 0 Å². The molecule has 3 heterocycles. The first-order chi connectivity index (χ1) is 14.1. The number of alkyl halides is 6. The topological polar surface area (TPSA) is 51.6 Å². The van der Waals surface area contributed by atoms with Crippen molar-refractivity contribution in [1.82, 2.24) is 19.9 Å². The van der Waals surface area contributed by atoms with Crippen LogP contribution in [-0.2, 0) is 12.4 Å². The Hall–Kier alpha value is -3.56. The minimum atomic E-state index is -5.20. The van der Waals surface area contributed by atoms with E-state index >= 15 is 0 Å². The maximum atomic E-state index is 13.3. The van der Waals surface area contributed by atoms with Crippen molar-refractivity contribution in [2.45, 2.75) is 12.4 Å². The molecule has 0 radical (unpaired) electrons. The molecule has 4 nitrogen and oxygen atoms in total. The molecule has 0 aliphatic carbocycles. The number of nitrogens with zero attached hydrogens (tertiary/aromatic N) is 4. The zero-order chi connectivity index (χ0) is 21.3. The van der Waals surface area contributed by atoms with Gasteiger partial charge in [-0.25, -0.2) is 9.97 Å². The third-order valence-corrected chi connectivity index (χ3v) is 4.76. The van der Waals surface area contributed by atoms with E-state index in [9.17, 15) is 26.3 Å². The van der Waals surface area contributed by atoms with Crippen LogP contribution in [0.15, 0.2) is 48.8 Å². The molecule has 10 heteroatoms. The summed E-state index contributed by atoms with van der Waals surface area (Å²) in [5, 5.41) is 0.975. The van der Waals surface area contributed by atoms with E-state index in [4.69, 9.17) is 0 Å². The summed E-state index contributed by atoms with van der Waals surface area (Å²) in [6.07, 6.45) is -7.33. The molecule has 3 aromatic heterocycles. The van der Waals surface area contributed by atoms with E-state index in [1.807, 2.05) is 0 Å². The Morgan fingerprint density at radius 3 is 1.33 bits per heavy atom. The molecule has 0 atom stereocenters. The number of halogens is 6.